The van der Waals surface area contributed by atoms with Crippen LogP contribution < -0.4 is 5.32 Å². The fourth-order valence-electron chi connectivity index (χ4n) is 2.97. The monoisotopic (exact) mass is 343 g/mol. The van der Waals surface area contributed by atoms with Gasteiger partial charge in [-0.25, -0.2) is 4.98 Å². The van der Waals surface area contributed by atoms with Crippen LogP contribution in [0.25, 0.3) is 11.0 Å². The Morgan fingerprint density at radius 3 is 2.46 bits per heavy atom. The van der Waals surface area contributed by atoms with Crippen molar-refractivity contribution in [2.75, 3.05) is 6.61 Å². The molecule has 0 aliphatic carbocycles. The second kappa shape index (κ2) is 7.11. The van der Waals surface area contributed by atoms with Gasteiger partial charge in [-0.1, -0.05) is 13.8 Å². The quantitative estimate of drug-likeness (QED) is 0.842. The first-order valence-corrected chi connectivity index (χ1v) is 8.04. The van der Waals surface area contributed by atoms with Gasteiger partial charge in [-0.2, -0.15) is 13.2 Å². The Kier molecular flexibility index (Phi) is 5.55. The molecule has 1 aromatic heterocycles. The third-order valence-electron chi connectivity index (χ3n) is 4.09. The fourth-order valence-corrected chi connectivity index (χ4v) is 2.97. The number of nitrogens with zero attached hydrogens (tertiary/aromatic N) is 2. The lowest BCUT2D eigenvalue weighted by molar-refractivity contribution is -0.137. The molecule has 0 aliphatic rings. The molecule has 2 atom stereocenters. The van der Waals surface area contributed by atoms with Gasteiger partial charge in [0.05, 0.1) is 29.2 Å². The van der Waals surface area contributed by atoms with Crippen LogP contribution in [0.3, 0.4) is 0 Å². The van der Waals surface area contributed by atoms with Crippen molar-refractivity contribution in [3.05, 3.63) is 29.6 Å². The second-order valence-corrected chi connectivity index (χ2v) is 6.63. The first kappa shape index (κ1) is 18.7. The van der Waals surface area contributed by atoms with Crippen molar-refractivity contribution in [3.8, 4) is 0 Å². The molecular weight excluding hydrogens is 319 g/mol. The third kappa shape index (κ3) is 4.08. The van der Waals surface area contributed by atoms with Crippen molar-refractivity contribution in [2.24, 2.45) is 13.0 Å². The number of aryl methyl sites for hydroxylation is 1. The van der Waals surface area contributed by atoms with Gasteiger partial charge >= 0.3 is 6.18 Å². The summed E-state index contributed by atoms with van der Waals surface area (Å²) in [7, 11) is 1.78. The second-order valence-electron chi connectivity index (χ2n) is 6.63. The van der Waals surface area contributed by atoms with Gasteiger partial charge in [-0.3, -0.25) is 0 Å². The van der Waals surface area contributed by atoms with E-state index in [1.165, 1.54) is 6.07 Å². The average molecular weight is 343 g/mol. The lowest BCUT2D eigenvalue weighted by Crippen LogP contribution is -2.36. The molecule has 2 N–H and O–H groups in total. The van der Waals surface area contributed by atoms with Gasteiger partial charge in [0.1, 0.15) is 5.82 Å². The standard InChI is InChI=1S/C17H24F3N3O/c1-10(2)7-13(9-24)21-11(3)16-22-14-8-12(17(18,19)20)5-6-15(14)23(16)4/h5-6,8,10-11,13,21,24H,7,9H2,1-4H3. The summed E-state index contributed by atoms with van der Waals surface area (Å²) in [6.07, 6.45) is -3.57. The van der Waals surface area contributed by atoms with Crippen LogP contribution in [0.5, 0.6) is 0 Å². The Hall–Kier alpha value is -1.60. The highest BCUT2D eigenvalue weighted by Crippen LogP contribution is 2.32. The molecule has 1 heterocycles. The smallest absolute Gasteiger partial charge is 0.395 e. The van der Waals surface area contributed by atoms with E-state index in [9.17, 15) is 18.3 Å². The van der Waals surface area contributed by atoms with Crippen LogP contribution >= 0.6 is 0 Å². The van der Waals surface area contributed by atoms with E-state index in [2.05, 4.69) is 24.1 Å². The molecule has 24 heavy (non-hydrogen) atoms. The molecule has 0 saturated carbocycles. The van der Waals surface area contributed by atoms with Crippen LogP contribution in [-0.4, -0.2) is 27.3 Å². The summed E-state index contributed by atoms with van der Waals surface area (Å²) in [4.78, 5) is 4.37. The van der Waals surface area contributed by atoms with Crippen molar-refractivity contribution in [2.45, 2.75) is 45.5 Å². The zero-order valence-electron chi connectivity index (χ0n) is 14.4. The molecule has 7 heteroatoms. The van der Waals surface area contributed by atoms with Crippen LogP contribution in [0.2, 0.25) is 0 Å². The zero-order chi connectivity index (χ0) is 18.1. The van der Waals surface area contributed by atoms with E-state index >= 15 is 0 Å². The maximum atomic E-state index is 12.8. The van der Waals surface area contributed by atoms with Crippen LogP contribution in [-0.2, 0) is 13.2 Å². The van der Waals surface area contributed by atoms with Gasteiger partial charge in [0.15, 0.2) is 0 Å². The summed E-state index contributed by atoms with van der Waals surface area (Å²) in [6, 6.07) is 3.32. The molecule has 1 aromatic carbocycles. The predicted molar refractivity (Wildman–Crippen MR) is 87.6 cm³/mol. The van der Waals surface area contributed by atoms with E-state index in [-0.39, 0.29) is 18.7 Å². The molecule has 4 nitrogen and oxygen atoms in total. The predicted octanol–water partition coefficient (Wildman–Crippen LogP) is 3.65. The number of benzene rings is 1. The summed E-state index contributed by atoms with van der Waals surface area (Å²) in [6.45, 7) is 6.05. The molecule has 2 unspecified atom stereocenters. The molecule has 2 aromatic rings. The normalized spacial score (nSPS) is 15.2. The molecule has 0 amide bonds. The van der Waals surface area contributed by atoms with Crippen LogP contribution in [0.15, 0.2) is 18.2 Å². The zero-order valence-corrected chi connectivity index (χ0v) is 14.4. The maximum Gasteiger partial charge on any atom is 0.416 e. The summed E-state index contributed by atoms with van der Waals surface area (Å²) >= 11 is 0. The van der Waals surface area contributed by atoms with E-state index in [1.54, 1.807) is 11.6 Å². The van der Waals surface area contributed by atoms with Crippen LogP contribution in [0, 0.1) is 5.92 Å². The highest BCUT2D eigenvalue weighted by atomic mass is 19.4. The topological polar surface area (TPSA) is 50.1 Å². The molecule has 0 spiro atoms. The lowest BCUT2D eigenvalue weighted by Gasteiger charge is -2.23. The van der Waals surface area contributed by atoms with E-state index in [0.717, 1.165) is 18.6 Å². The van der Waals surface area contributed by atoms with E-state index < -0.39 is 11.7 Å². The number of rotatable bonds is 6. The minimum atomic E-state index is -4.38. The van der Waals surface area contributed by atoms with E-state index in [4.69, 9.17) is 0 Å². The molecular formula is C17H24F3N3O. The van der Waals surface area contributed by atoms with Crippen molar-refractivity contribution >= 4 is 11.0 Å². The number of hydrogen-bond donors (Lipinski definition) is 2. The largest absolute Gasteiger partial charge is 0.416 e. The van der Waals surface area contributed by atoms with Gasteiger partial charge < -0.3 is 15.0 Å². The van der Waals surface area contributed by atoms with Crippen molar-refractivity contribution < 1.29 is 18.3 Å². The molecule has 0 bridgehead atoms. The Labute approximate surface area is 139 Å². The van der Waals surface area contributed by atoms with Gasteiger partial charge in [0.2, 0.25) is 0 Å². The Balaban J connectivity index is 2.29. The van der Waals surface area contributed by atoms with Gasteiger partial charge in [-0.05, 0) is 37.5 Å². The molecule has 0 aliphatic heterocycles. The number of alkyl halides is 3. The van der Waals surface area contributed by atoms with Gasteiger partial charge in [-0.15, -0.1) is 0 Å². The van der Waals surface area contributed by atoms with E-state index in [0.29, 0.717) is 22.8 Å². The first-order chi connectivity index (χ1) is 11.1. The number of halogens is 3. The Morgan fingerprint density at radius 2 is 1.92 bits per heavy atom. The SMILES string of the molecule is CC(C)CC(CO)NC(C)c1nc2cc(C(F)(F)F)ccc2n1C. The minimum Gasteiger partial charge on any atom is -0.395 e. The highest BCUT2D eigenvalue weighted by Gasteiger charge is 2.31. The molecule has 134 valence electrons. The molecule has 0 radical (unpaired) electrons. The number of aromatic nitrogens is 2. The van der Waals surface area contributed by atoms with Crippen molar-refractivity contribution in [1.29, 1.82) is 0 Å². The van der Waals surface area contributed by atoms with Crippen molar-refractivity contribution in [1.82, 2.24) is 14.9 Å². The van der Waals surface area contributed by atoms with Gasteiger partial charge in [0, 0.05) is 13.1 Å². The van der Waals surface area contributed by atoms with Crippen molar-refractivity contribution in [3.63, 3.8) is 0 Å². The summed E-state index contributed by atoms with van der Waals surface area (Å²) in [5.41, 5.74) is 0.268. The van der Waals surface area contributed by atoms with Crippen LogP contribution in [0.4, 0.5) is 13.2 Å². The Morgan fingerprint density at radius 1 is 1.25 bits per heavy atom. The van der Waals surface area contributed by atoms with E-state index in [1.807, 2.05) is 6.92 Å². The lowest BCUT2D eigenvalue weighted by atomic mass is 10.0. The molecule has 0 saturated heterocycles. The average Bonchev–Trinajstić information content (AvgIpc) is 2.82. The number of imidazole rings is 1. The number of hydrogen-bond acceptors (Lipinski definition) is 3. The summed E-state index contributed by atoms with van der Waals surface area (Å²) in [5.74, 6) is 1.07. The first-order valence-electron chi connectivity index (χ1n) is 8.04. The third-order valence-corrected chi connectivity index (χ3v) is 4.09. The molecule has 2 rings (SSSR count). The maximum absolute atomic E-state index is 12.8. The highest BCUT2D eigenvalue weighted by molar-refractivity contribution is 5.77. The summed E-state index contributed by atoms with van der Waals surface area (Å²) < 4.78 is 40.3. The fraction of sp³-hybridized carbons (Fsp3) is 0.588. The van der Waals surface area contributed by atoms with Gasteiger partial charge in [0.25, 0.3) is 0 Å². The number of aliphatic hydroxyl groups excluding tert-OH is 1. The Bertz CT molecular complexity index is 694. The summed E-state index contributed by atoms with van der Waals surface area (Å²) in [5, 5.41) is 12.8. The number of fused-ring (bicyclic) bond motifs is 1. The number of nitrogens with one attached hydrogen (secondary N) is 1. The minimum absolute atomic E-state index is 0.00465. The molecule has 0 fully saturated rings. The van der Waals surface area contributed by atoms with Crippen LogP contribution in [0.1, 0.15) is 44.6 Å². The number of aliphatic hydroxyl groups is 1.